The quantitative estimate of drug-likeness (QED) is 0.788. The van der Waals surface area contributed by atoms with Crippen molar-refractivity contribution in [1.29, 1.82) is 0 Å². The van der Waals surface area contributed by atoms with Gasteiger partial charge in [-0.25, -0.2) is 13.2 Å². The van der Waals surface area contributed by atoms with Crippen molar-refractivity contribution in [1.82, 2.24) is 5.32 Å². The lowest BCUT2D eigenvalue weighted by atomic mass is 10.1. The number of amides is 1. The van der Waals surface area contributed by atoms with Gasteiger partial charge in [-0.1, -0.05) is 0 Å². The van der Waals surface area contributed by atoms with Crippen LogP contribution in [0, 0.1) is 17.5 Å². The Labute approximate surface area is 132 Å². The van der Waals surface area contributed by atoms with E-state index < -0.39 is 30.1 Å². The van der Waals surface area contributed by atoms with Gasteiger partial charge in [-0.05, 0) is 43.9 Å². The van der Waals surface area contributed by atoms with Crippen molar-refractivity contribution in [2.75, 3.05) is 6.61 Å². The Hall–Kier alpha value is -1.60. The van der Waals surface area contributed by atoms with E-state index in [0.717, 1.165) is 25.0 Å². The molecule has 1 aliphatic heterocycles. The minimum atomic E-state index is -1.58. The molecule has 128 valence electrons. The Kier molecular flexibility index (Phi) is 6.01. The van der Waals surface area contributed by atoms with Gasteiger partial charge in [0, 0.05) is 6.42 Å². The lowest BCUT2D eigenvalue weighted by molar-refractivity contribution is -0.122. The van der Waals surface area contributed by atoms with E-state index in [1.165, 1.54) is 0 Å². The zero-order valence-corrected chi connectivity index (χ0v) is 12.8. The highest BCUT2D eigenvalue weighted by Gasteiger charge is 2.23. The smallest absolute Gasteiger partial charge is 0.220 e. The van der Waals surface area contributed by atoms with E-state index in [1.54, 1.807) is 0 Å². The van der Waals surface area contributed by atoms with E-state index >= 15 is 0 Å². The summed E-state index contributed by atoms with van der Waals surface area (Å²) in [5.41, 5.74) is -0.0250. The van der Waals surface area contributed by atoms with Crippen molar-refractivity contribution in [2.24, 2.45) is 0 Å². The maximum atomic E-state index is 13.2. The first kappa shape index (κ1) is 17.7. The van der Waals surface area contributed by atoms with Gasteiger partial charge in [0.1, 0.15) is 0 Å². The Balaban J connectivity index is 1.92. The summed E-state index contributed by atoms with van der Waals surface area (Å²) in [4.78, 5) is 11.9. The van der Waals surface area contributed by atoms with Gasteiger partial charge in [0.05, 0.1) is 24.9 Å². The van der Waals surface area contributed by atoms with Gasteiger partial charge >= 0.3 is 0 Å². The number of benzene rings is 1. The van der Waals surface area contributed by atoms with Gasteiger partial charge in [-0.2, -0.15) is 0 Å². The third-order valence-corrected chi connectivity index (χ3v) is 3.94. The highest BCUT2D eigenvalue weighted by atomic mass is 19.2. The first-order valence-electron chi connectivity index (χ1n) is 7.60. The molecule has 0 spiro atoms. The molecule has 0 aromatic heterocycles. The molecule has 2 rings (SSSR count). The van der Waals surface area contributed by atoms with E-state index in [9.17, 15) is 23.1 Å². The van der Waals surface area contributed by atoms with Crippen LogP contribution < -0.4 is 5.32 Å². The lowest BCUT2D eigenvalue weighted by Crippen LogP contribution is -2.31. The molecule has 3 atom stereocenters. The molecule has 1 heterocycles. The van der Waals surface area contributed by atoms with Gasteiger partial charge in [-0.15, -0.1) is 0 Å². The van der Waals surface area contributed by atoms with Crippen LogP contribution in [0.5, 0.6) is 0 Å². The second kappa shape index (κ2) is 7.79. The molecule has 1 aromatic rings. The molecule has 1 fully saturated rings. The molecule has 0 bridgehead atoms. The molecule has 2 N–H and O–H groups in total. The van der Waals surface area contributed by atoms with Gasteiger partial charge in [-0.3, -0.25) is 4.79 Å². The summed E-state index contributed by atoms with van der Waals surface area (Å²) < 4.78 is 45.0. The minimum absolute atomic E-state index is 0.0250. The highest BCUT2D eigenvalue weighted by molar-refractivity contribution is 5.76. The lowest BCUT2D eigenvalue weighted by Gasteiger charge is -2.18. The van der Waals surface area contributed by atoms with Crippen LogP contribution in [0.1, 0.15) is 44.2 Å². The zero-order chi connectivity index (χ0) is 17.0. The van der Waals surface area contributed by atoms with Crippen LogP contribution in [0.3, 0.4) is 0 Å². The number of aliphatic hydroxyl groups excluding tert-OH is 1. The van der Waals surface area contributed by atoms with Crippen molar-refractivity contribution in [3.63, 3.8) is 0 Å². The summed E-state index contributed by atoms with van der Waals surface area (Å²) in [6, 6.07) is 0.540. The monoisotopic (exact) mass is 331 g/mol. The van der Waals surface area contributed by atoms with Crippen molar-refractivity contribution in [3.8, 4) is 0 Å². The Morgan fingerprint density at radius 2 is 2.00 bits per heavy atom. The van der Waals surface area contributed by atoms with Crippen LogP contribution in [0.25, 0.3) is 0 Å². The van der Waals surface area contributed by atoms with Crippen molar-refractivity contribution < 1.29 is 27.8 Å². The topological polar surface area (TPSA) is 58.6 Å². The number of hydrogen-bond donors (Lipinski definition) is 2. The van der Waals surface area contributed by atoms with Crippen LogP contribution in [0.2, 0.25) is 0 Å². The molecule has 0 radical (unpaired) electrons. The molecule has 23 heavy (non-hydrogen) atoms. The van der Waals surface area contributed by atoms with Crippen molar-refractivity contribution >= 4 is 5.91 Å². The van der Waals surface area contributed by atoms with E-state index in [0.29, 0.717) is 6.42 Å². The third-order valence-electron chi connectivity index (χ3n) is 3.94. The van der Waals surface area contributed by atoms with E-state index in [1.807, 2.05) is 6.92 Å². The van der Waals surface area contributed by atoms with Crippen LogP contribution >= 0.6 is 0 Å². The molecule has 0 saturated carbocycles. The normalized spacial score (nSPS) is 22.1. The number of ether oxygens (including phenoxy) is 1. The van der Waals surface area contributed by atoms with E-state index in [-0.39, 0.29) is 30.1 Å². The minimum Gasteiger partial charge on any atom is -0.394 e. The molecular weight excluding hydrogens is 311 g/mol. The maximum absolute atomic E-state index is 13.2. The van der Waals surface area contributed by atoms with Crippen LogP contribution in [-0.4, -0.2) is 29.8 Å². The first-order chi connectivity index (χ1) is 10.9. The largest absolute Gasteiger partial charge is 0.394 e. The van der Waals surface area contributed by atoms with Gasteiger partial charge in [0.15, 0.2) is 17.5 Å². The molecule has 1 aliphatic rings. The number of nitrogens with one attached hydrogen (secondary N) is 1. The van der Waals surface area contributed by atoms with Gasteiger partial charge in [0.25, 0.3) is 0 Å². The zero-order valence-electron chi connectivity index (χ0n) is 12.8. The average molecular weight is 331 g/mol. The molecule has 1 amide bonds. The van der Waals surface area contributed by atoms with E-state index in [2.05, 4.69) is 5.32 Å². The molecule has 1 saturated heterocycles. The Bertz CT molecular complexity index is 544. The fourth-order valence-corrected chi connectivity index (χ4v) is 2.67. The number of carbonyl (C=O) groups is 1. The van der Waals surface area contributed by atoms with E-state index in [4.69, 9.17) is 4.74 Å². The number of carbonyl (C=O) groups excluding carboxylic acids is 1. The van der Waals surface area contributed by atoms with Crippen molar-refractivity contribution in [3.05, 3.63) is 35.1 Å². The summed E-state index contributed by atoms with van der Waals surface area (Å²) >= 11 is 0. The highest BCUT2D eigenvalue weighted by Crippen LogP contribution is 2.23. The summed E-state index contributed by atoms with van der Waals surface area (Å²) in [6.07, 6.45) is 2.80. The van der Waals surface area contributed by atoms with Crippen molar-refractivity contribution in [2.45, 2.75) is 50.9 Å². The fourth-order valence-electron chi connectivity index (χ4n) is 2.67. The molecule has 7 heteroatoms. The Morgan fingerprint density at radius 1 is 1.35 bits per heavy atom. The van der Waals surface area contributed by atoms with Gasteiger partial charge < -0.3 is 15.2 Å². The number of rotatable bonds is 6. The maximum Gasteiger partial charge on any atom is 0.220 e. The summed E-state index contributed by atoms with van der Waals surface area (Å²) in [7, 11) is 0. The third kappa shape index (κ3) is 4.68. The molecule has 1 aromatic carbocycles. The molecular formula is C16H20F3NO3. The standard InChI is InChI=1S/C16H20F3NO3/c1-9-2-3-11(23-9)4-5-15(22)20-14(8-21)10-6-12(17)16(19)13(18)7-10/h6-7,9,11,14,21H,2-5,8H2,1H3,(H,20,22). The second-order valence-corrected chi connectivity index (χ2v) is 5.79. The predicted molar refractivity (Wildman–Crippen MR) is 77.1 cm³/mol. The average Bonchev–Trinajstić information content (AvgIpc) is 2.93. The second-order valence-electron chi connectivity index (χ2n) is 5.79. The van der Waals surface area contributed by atoms with Gasteiger partial charge in [0.2, 0.25) is 5.91 Å². The molecule has 0 aliphatic carbocycles. The summed E-state index contributed by atoms with van der Waals surface area (Å²) in [5, 5.41) is 11.8. The summed E-state index contributed by atoms with van der Waals surface area (Å²) in [6.45, 7) is 1.42. The van der Waals surface area contributed by atoms with Crippen LogP contribution in [0.15, 0.2) is 12.1 Å². The summed E-state index contributed by atoms with van der Waals surface area (Å²) in [5.74, 6) is -4.66. The number of aliphatic hydroxyl groups is 1. The SMILES string of the molecule is CC1CCC(CCC(=O)NC(CO)c2cc(F)c(F)c(F)c2)O1. The first-order valence-corrected chi connectivity index (χ1v) is 7.60. The molecule has 4 nitrogen and oxygen atoms in total. The molecule has 3 unspecified atom stereocenters. The Morgan fingerprint density at radius 3 is 2.52 bits per heavy atom. The van der Waals surface area contributed by atoms with Crippen LogP contribution in [0.4, 0.5) is 13.2 Å². The predicted octanol–water partition coefficient (Wildman–Crippen LogP) is 2.60. The number of halogens is 3. The van der Waals surface area contributed by atoms with Crippen LogP contribution in [-0.2, 0) is 9.53 Å². The fraction of sp³-hybridized carbons (Fsp3) is 0.562. The number of hydrogen-bond acceptors (Lipinski definition) is 3.